The minimum absolute atomic E-state index is 0.203. The highest BCUT2D eigenvalue weighted by molar-refractivity contribution is 6.28. The molecule has 6 heteroatoms. The smallest absolute Gasteiger partial charge is 0.231 e. The lowest BCUT2D eigenvalue weighted by atomic mass is 9.90. The van der Waals surface area contributed by atoms with Crippen LogP contribution in [0.2, 0.25) is 5.28 Å². The van der Waals surface area contributed by atoms with E-state index in [0.29, 0.717) is 11.9 Å². The Bertz CT molecular complexity index is 404. The standard InChI is InChI=1S/C13H24ClN5/c1-6-13(4,5)9-15-11-16-10(14)17-12(18-11)19(7-2)8-3/h6-9H2,1-5H3,(H,15,16,17,18). The quantitative estimate of drug-likeness (QED) is 0.834. The molecule has 19 heavy (non-hydrogen) atoms. The predicted octanol–water partition coefficient (Wildman–Crippen LogP) is 3.22. The van der Waals surface area contributed by atoms with Crippen molar-refractivity contribution in [2.45, 2.75) is 41.0 Å². The summed E-state index contributed by atoms with van der Waals surface area (Å²) in [4.78, 5) is 14.8. The van der Waals surface area contributed by atoms with Gasteiger partial charge in [-0.3, -0.25) is 0 Å². The van der Waals surface area contributed by atoms with Crippen molar-refractivity contribution >= 4 is 23.5 Å². The predicted molar refractivity (Wildman–Crippen MR) is 81.0 cm³/mol. The Balaban J connectivity index is 2.85. The molecule has 1 aromatic rings. The van der Waals surface area contributed by atoms with E-state index in [1.807, 2.05) is 4.90 Å². The molecule has 0 unspecified atom stereocenters. The summed E-state index contributed by atoms with van der Waals surface area (Å²) in [5.74, 6) is 1.17. The summed E-state index contributed by atoms with van der Waals surface area (Å²) in [5, 5.41) is 3.48. The first-order valence-electron chi connectivity index (χ1n) is 6.82. The molecule has 1 N–H and O–H groups in total. The van der Waals surface area contributed by atoms with Crippen LogP contribution in [0.4, 0.5) is 11.9 Å². The normalized spacial score (nSPS) is 11.5. The van der Waals surface area contributed by atoms with Crippen LogP contribution in [0, 0.1) is 5.41 Å². The van der Waals surface area contributed by atoms with Crippen LogP contribution in [0.15, 0.2) is 0 Å². The Labute approximate surface area is 120 Å². The molecular weight excluding hydrogens is 262 g/mol. The largest absolute Gasteiger partial charge is 0.354 e. The lowest BCUT2D eigenvalue weighted by molar-refractivity contribution is 0.376. The van der Waals surface area contributed by atoms with Crippen LogP contribution < -0.4 is 10.2 Å². The summed E-state index contributed by atoms with van der Waals surface area (Å²) in [6.45, 7) is 13.2. The van der Waals surface area contributed by atoms with E-state index < -0.39 is 0 Å². The molecule has 0 aromatic carbocycles. The number of aromatic nitrogens is 3. The van der Waals surface area contributed by atoms with Gasteiger partial charge in [-0.05, 0) is 37.3 Å². The molecule has 0 saturated carbocycles. The van der Waals surface area contributed by atoms with E-state index in [0.717, 1.165) is 26.1 Å². The third kappa shape index (κ3) is 4.82. The summed E-state index contributed by atoms with van der Waals surface area (Å²) in [7, 11) is 0. The average molecular weight is 286 g/mol. The zero-order chi connectivity index (χ0) is 14.5. The van der Waals surface area contributed by atoms with Crippen LogP contribution in [-0.2, 0) is 0 Å². The van der Waals surface area contributed by atoms with Gasteiger partial charge in [0, 0.05) is 19.6 Å². The molecule has 0 radical (unpaired) electrons. The zero-order valence-corrected chi connectivity index (χ0v) is 13.3. The maximum absolute atomic E-state index is 5.96. The first-order chi connectivity index (χ1) is 8.91. The highest BCUT2D eigenvalue weighted by atomic mass is 35.5. The Hall–Kier alpha value is -1.10. The molecule has 0 bridgehead atoms. The lowest BCUT2D eigenvalue weighted by Gasteiger charge is -2.23. The molecule has 0 spiro atoms. The minimum Gasteiger partial charge on any atom is -0.354 e. The van der Waals surface area contributed by atoms with Crippen LogP contribution in [0.1, 0.15) is 41.0 Å². The van der Waals surface area contributed by atoms with Gasteiger partial charge in [-0.1, -0.05) is 20.8 Å². The highest BCUT2D eigenvalue weighted by Crippen LogP contribution is 2.20. The van der Waals surface area contributed by atoms with Gasteiger partial charge in [0.1, 0.15) is 0 Å². The van der Waals surface area contributed by atoms with E-state index >= 15 is 0 Å². The van der Waals surface area contributed by atoms with E-state index in [1.165, 1.54) is 0 Å². The zero-order valence-electron chi connectivity index (χ0n) is 12.5. The molecule has 0 fully saturated rings. The fourth-order valence-corrected chi connectivity index (χ4v) is 1.67. The van der Waals surface area contributed by atoms with Crippen molar-refractivity contribution in [3.63, 3.8) is 0 Å². The van der Waals surface area contributed by atoms with Crippen molar-refractivity contribution in [2.24, 2.45) is 5.41 Å². The van der Waals surface area contributed by atoms with Gasteiger partial charge >= 0.3 is 0 Å². The Morgan fingerprint density at radius 2 is 1.74 bits per heavy atom. The van der Waals surface area contributed by atoms with Gasteiger partial charge in [0.15, 0.2) is 0 Å². The van der Waals surface area contributed by atoms with Crippen molar-refractivity contribution in [3.8, 4) is 0 Å². The second kappa shape index (κ2) is 6.89. The van der Waals surface area contributed by atoms with Gasteiger partial charge in [0.05, 0.1) is 0 Å². The molecule has 0 aliphatic rings. The van der Waals surface area contributed by atoms with E-state index in [-0.39, 0.29) is 10.7 Å². The Morgan fingerprint density at radius 1 is 1.11 bits per heavy atom. The highest BCUT2D eigenvalue weighted by Gasteiger charge is 2.16. The number of rotatable bonds is 7. The second-order valence-corrected chi connectivity index (χ2v) is 5.61. The molecule has 1 heterocycles. The van der Waals surface area contributed by atoms with Crippen LogP contribution >= 0.6 is 11.6 Å². The van der Waals surface area contributed by atoms with Gasteiger partial charge in [-0.15, -0.1) is 0 Å². The summed E-state index contributed by atoms with van der Waals surface area (Å²) < 4.78 is 0. The number of nitrogens with one attached hydrogen (secondary N) is 1. The fourth-order valence-electron chi connectivity index (χ4n) is 1.51. The number of halogens is 1. The van der Waals surface area contributed by atoms with E-state index in [2.05, 4.69) is 54.9 Å². The van der Waals surface area contributed by atoms with Gasteiger partial charge in [-0.25, -0.2) is 0 Å². The summed E-state index contributed by atoms with van der Waals surface area (Å²) in [6.07, 6.45) is 1.09. The average Bonchev–Trinajstić information content (AvgIpc) is 2.37. The van der Waals surface area contributed by atoms with E-state index in [1.54, 1.807) is 0 Å². The van der Waals surface area contributed by atoms with Crippen LogP contribution in [-0.4, -0.2) is 34.6 Å². The summed E-state index contributed by atoms with van der Waals surface area (Å²) in [5.41, 5.74) is 0.203. The lowest BCUT2D eigenvalue weighted by Crippen LogP contribution is -2.26. The monoisotopic (exact) mass is 285 g/mol. The third-order valence-electron chi connectivity index (χ3n) is 3.32. The number of nitrogens with zero attached hydrogens (tertiary/aromatic N) is 4. The van der Waals surface area contributed by atoms with Crippen molar-refractivity contribution in [3.05, 3.63) is 5.28 Å². The molecule has 1 rings (SSSR count). The fraction of sp³-hybridized carbons (Fsp3) is 0.769. The van der Waals surface area contributed by atoms with Crippen molar-refractivity contribution in [1.82, 2.24) is 15.0 Å². The van der Waals surface area contributed by atoms with Crippen molar-refractivity contribution in [1.29, 1.82) is 0 Å². The minimum atomic E-state index is 0.203. The van der Waals surface area contributed by atoms with Gasteiger partial charge in [0.2, 0.25) is 17.2 Å². The Morgan fingerprint density at radius 3 is 2.26 bits per heavy atom. The number of hydrogen-bond donors (Lipinski definition) is 1. The molecule has 1 aromatic heterocycles. The topological polar surface area (TPSA) is 53.9 Å². The molecule has 108 valence electrons. The van der Waals surface area contributed by atoms with Crippen molar-refractivity contribution in [2.75, 3.05) is 29.9 Å². The van der Waals surface area contributed by atoms with Gasteiger partial charge in [-0.2, -0.15) is 15.0 Å². The molecule has 0 amide bonds. The van der Waals surface area contributed by atoms with E-state index in [4.69, 9.17) is 11.6 Å². The summed E-state index contributed by atoms with van der Waals surface area (Å²) in [6, 6.07) is 0. The molecule has 0 aliphatic heterocycles. The molecule has 0 aliphatic carbocycles. The third-order valence-corrected chi connectivity index (χ3v) is 3.49. The molecule has 0 atom stereocenters. The SMILES string of the molecule is CCN(CC)c1nc(Cl)nc(NCC(C)(C)CC)n1. The van der Waals surface area contributed by atoms with Crippen LogP contribution in [0.5, 0.6) is 0 Å². The first kappa shape index (κ1) is 16.0. The molecule has 5 nitrogen and oxygen atoms in total. The maximum Gasteiger partial charge on any atom is 0.231 e. The molecule has 0 saturated heterocycles. The first-order valence-corrected chi connectivity index (χ1v) is 7.20. The van der Waals surface area contributed by atoms with Crippen molar-refractivity contribution < 1.29 is 0 Å². The second-order valence-electron chi connectivity index (χ2n) is 5.27. The number of hydrogen-bond acceptors (Lipinski definition) is 5. The van der Waals surface area contributed by atoms with Gasteiger partial charge in [0.25, 0.3) is 0 Å². The summed E-state index contributed by atoms with van der Waals surface area (Å²) >= 11 is 5.96. The van der Waals surface area contributed by atoms with Crippen LogP contribution in [0.3, 0.4) is 0 Å². The van der Waals surface area contributed by atoms with Crippen LogP contribution in [0.25, 0.3) is 0 Å². The Kier molecular flexibility index (Phi) is 5.79. The van der Waals surface area contributed by atoms with E-state index in [9.17, 15) is 0 Å². The molecular formula is C13H24ClN5. The maximum atomic E-state index is 5.96. The number of anilines is 2. The van der Waals surface area contributed by atoms with Gasteiger partial charge < -0.3 is 10.2 Å².